The van der Waals surface area contributed by atoms with E-state index in [1.807, 2.05) is 0 Å². The Morgan fingerprint density at radius 1 is 1.23 bits per heavy atom. The van der Waals surface area contributed by atoms with Crippen molar-refractivity contribution in [3.05, 3.63) is 47.7 Å². The van der Waals surface area contributed by atoms with Crippen molar-refractivity contribution < 1.29 is 32.5 Å². The summed E-state index contributed by atoms with van der Waals surface area (Å²) in [5.74, 6) is -1.57. The van der Waals surface area contributed by atoms with Gasteiger partial charge in [-0.25, -0.2) is 9.78 Å². The van der Waals surface area contributed by atoms with E-state index in [1.165, 1.54) is 31.4 Å². The third kappa shape index (κ3) is 3.46. The van der Waals surface area contributed by atoms with E-state index in [0.29, 0.717) is 0 Å². The Morgan fingerprint density at radius 2 is 1.95 bits per heavy atom. The SMILES string of the molecule is COc1ccc(C(=O)O)nc1Oc1cccc(C(F)(F)F)c1. The van der Waals surface area contributed by atoms with Gasteiger partial charge >= 0.3 is 12.1 Å². The van der Waals surface area contributed by atoms with E-state index in [9.17, 15) is 18.0 Å². The maximum Gasteiger partial charge on any atom is 0.416 e. The molecule has 0 atom stereocenters. The van der Waals surface area contributed by atoms with Gasteiger partial charge in [0, 0.05) is 0 Å². The molecule has 1 aromatic heterocycles. The Bertz CT molecular complexity index is 701. The van der Waals surface area contributed by atoms with Crippen LogP contribution in [0.4, 0.5) is 13.2 Å². The molecule has 1 heterocycles. The number of alkyl halides is 3. The first kappa shape index (κ1) is 15.6. The van der Waals surface area contributed by atoms with E-state index in [2.05, 4.69) is 4.98 Å². The van der Waals surface area contributed by atoms with Crippen LogP contribution in [0, 0.1) is 0 Å². The van der Waals surface area contributed by atoms with E-state index in [4.69, 9.17) is 14.6 Å². The van der Waals surface area contributed by atoms with Crippen LogP contribution in [0.15, 0.2) is 36.4 Å². The molecular formula is C14H10F3NO4. The highest BCUT2D eigenvalue weighted by Crippen LogP contribution is 2.34. The molecule has 0 unspecified atom stereocenters. The molecule has 0 radical (unpaired) electrons. The summed E-state index contributed by atoms with van der Waals surface area (Å²) in [7, 11) is 1.30. The molecule has 2 aromatic rings. The number of carboxylic acids is 1. The highest BCUT2D eigenvalue weighted by Gasteiger charge is 2.30. The second-order valence-corrected chi connectivity index (χ2v) is 4.14. The van der Waals surface area contributed by atoms with Crippen molar-refractivity contribution in [2.45, 2.75) is 6.18 Å². The maximum atomic E-state index is 12.6. The van der Waals surface area contributed by atoms with Gasteiger partial charge in [0.05, 0.1) is 12.7 Å². The van der Waals surface area contributed by atoms with Crippen LogP contribution in [0.3, 0.4) is 0 Å². The third-order valence-electron chi connectivity index (χ3n) is 2.64. The van der Waals surface area contributed by atoms with E-state index >= 15 is 0 Å². The molecule has 0 amide bonds. The number of hydrogen-bond acceptors (Lipinski definition) is 4. The summed E-state index contributed by atoms with van der Waals surface area (Å²) >= 11 is 0. The van der Waals surface area contributed by atoms with Crippen LogP contribution >= 0.6 is 0 Å². The van der Waals surface area contributed by atoms with Gasteiger partial charge in [-0.15, -0.1) is 0 Å². The number of benzene rings is 1. The average molecular weight is 313 g/mol. The minimum absolute atomic E-state index is 0.0995. The molecule has 0 aliphatic carbocycles. The van der Waals surface area contributed by atoms with Gasteiger partial charge in [0.1, 0.15) is 5.75 Å². The Kier molecular flexibility index (Phi) is 4.20. The summed E-state index contributed by atoms with van der Waals surface area (Å²) in [6, 6.07) is 6.65. The first-order chi connectivity index (χ1) is 10.3. The summed E-state index contributed by atoms with van der Waals surface area (Å²) in [4.78, 5) is 14.6. The lowest BCUT2D eigenvalue weighted by molar-refractivity contribution is -0.137. The summed E-state index contributed by atoms with van der Waals surface area (Å²) in [6.45, 7) is 0. The van der Waals surface area contributed by atoms with Gasteiger partial charge in [0.2, 0.25) is 0 Å². The zero-order chi connectivity index (χ0) is 16.3. The lowest BCUT2D eigenvalue weighted by Crippen LogP contribution is -2.05. The summed E-state index contributed by atoms with van der Waals surface area (Å²) in [6.07, 6.45) is -4.51. The number of ether oxygens (including phenoxy) is 2. The Labute approximate surface area is 122 Å². The highest BCUT2D eigenvalue weighted by molar-refractivity contribution is 5.85. The van der Waals surface area contributed by atoms with Crippen molar-refractivity contribution in [2.24, 2.45) is 0 Å². The number of carboxylic acid groups (broad SMARTS) is 1. The van der Waals surface area contributed by atoms with Crippen LogP contribution in [-0.4, -0.2) is 23.2 Å². The molecule has 0 saturated heterocycles. The highest BCUT2D eigenvalue weighted by atomic mass is 19.4. The number of carbonyl (C=O) groups is 1. The van der Waals surface area contributed by atoms with Crippen LogP contribution in [-0.2, 0) is 6.18 Å². The third-order valence-corrected chi connectivity index (χ3v) is 2.64. The smallest absolute Gasteiger partial charge is 0.416 e. The number of nitrogens with zero attached hydrogens (tertiary/aromatic N) is 1. The first-order valence-corrected chi connectivity index (χ1v) is 5.94. The molecule has 2 rings (SSSR count). The topological polar surface area (TPSA) is 68.7 Å². The number of pyridine rings is 1. The number of hydrogen-bond donors (Lipinski definition) is 1. The van der Waals surface area contributed by atoms with Crippen molar-refractivity contribution >= 4 is 5.97 Å². The molecule has 0 aliphatic heterocycles. The molecule has 22 heavy (non-hydrogen) atoms. The molecule has 5 nitrogen and oxygen atoms in total. The molecule has 1 N–H and O–H groups in total. The van der Waals surface area contributed by atoms with Gasteiger partial charge in [-0.2, -0.15) is 13.2 Å². The second kappa shape index (κ2) is 5.92. The zero-order valence-corrected chi connectivity index (χ0v) is 11.2. The van der Waals surface area contributed by atoms with E-state index in [-0.39, 0.29) is 23.1 Å². The normalized spacial score (nSPS) is 11.1. The fourth-order valence-corrected chi connectivity index (χ4v) is 1.62. The van der Waals surface area contributed by atoms with E-state index in [0.717, 1.165) is 12.1 Å². The minimum atomic E-state index is -4.51. The number of methoxy groups -OCH3 is 1. The zero-order valence-electron chi connectivity index (χ0n) is 11.2. The molecule has 116 valence electrons. The predicted octanol–water partition coefficient (Wildman–Crippen LogP) is 3.60. The van der Waals surface area contributed by atoms with Crippen LogP contribution in [0.25, 0.3) is 0 Å². The van der Waals surface area contributed by atoms with Crippen molar-refractivity contribution in [2.75, 3.05) is 7.11 Å². The van der Waals surface area contributed by atoms with Crippen molar-refractivity contribution in [1.29, 1.82) is 0 Å². The van der Waals surface area contributed by atoms with Gasteiger partial charge in [0.25, 0.3) is 5.88 Å². The molecule has 0 aliphatic rings. The maximum absolute atomic E-state index is 12.6. The quantitative estimate of drug-likeness (QED) is 0.934. The number of aromatic nitrogens is 1. The van der Waals surface area contributed by atoms with E-state index < -0.39 is 17.7 Å². The van der Waals surface area contributed by atoms with Gasteiger partial charge in [-0.05, 0) is 30.3 Å². The number of halogens is 3. The summed E-state index contributed by atoms with van der Waals surface area (Å²) < 4.78 is 48.1. The van der Waals surface area contributed by atoms with Gasteiger partial charge in [0.15, 0.2) is 11.4 Å². The monoisotopic (exact) mass is 313 g/mol. The summed E-state index contributed by atoms with van der Waals surface area (Å²) in [5.41, 5.74) is -1.21. The van der Waals surface area contributed by atoms with Gasteiger partial charge in [-0.1, -0.05) is 6.07 Å². The Hall–Kier alpha value is -2.77. The molecular weight excluding hydrogens is 303 g/mol. The molecule has 0 spiro atoms. The molecule has 0 saturated carbocycles. The van der Waals surface area contributed by atoms with Crippen LogP contribution in [0.5, 0.6) is 17.4 Å². The molecule has 8 heteroatoms. The standard InChI is InChI=1S/C14H10F3NO4/c1-21-11-6-5-10(13(19)20)18-12(11)22-9-4-2-3-8(7-9)14(15,16)17/h2-7H,1H3,(H,19,20). The van der Waals surface area contributed by atoms with Crippen molar-refractivity contribution in [1.82, 2.24) is 4.98 Å². The predicted molar refractivity (Wildman–Crippen MR) is 69.3 cm³/mol. The van der Waals surface area contributed by atoms with Crippen molar-refractivity contribution in [3.63, 3.8) is 0 Å². The molecule has 1 aromatic carbocycles. The Balaban J connectivity index is 2.38. The van der Waals surface area contributed by atoms with E-state index in [1.54, 1.807) is 0 Å². The molecule has 0 fully saturated rings. The number of aromatic carboxylic acids is 1. The number of rotatable bonds is 4. The lowest BCUT2D eigenvalue weighted by atomic mass is 10.2. The van der Waals surface area contributed by atoms with Gasteiger partial charge < -0.3 is 14.6 Å². The lowest BCUT2D eigenvalue weighted by Gasteiger charge is -2.11. The van der Waals surface area contributed by atoms with Crippen LogP contribution in [0.2, 0.25) is 0 Å². The van der Waals surface area contributed by atoms with Gasteiger partial charge in [-0.3, -0.25) is 0 Å². The second-order valence-electron chi connectivity index (χ2n) is 4.14. The fourth-order valence-electron chi connectivity index (χ4n) is 1.62. The van der Waals surface area contributed by atoms with Crippen LogP contribution < -0.4 is 9.47 Å². The van der Waals surface area contributed by atoms with Crippen LogP contribution in [0.1, 0.15) is 16.1 Å². The fraction of sp³-hybridized carbons (Fsp3) is 0.143. The Morgan fingerprint density at radius 3 is 2.55 bits per heavy atom. The first-order valence-electron chi connectivity index (χ1n) is 5.94. The largest absolute Gasteiger partial charge is 0.491 e. The summed E-state index contributed by atoms with van der Waals surface area (Å²) in [5, 5.41) is 8.88. The average Bonchev–Trinajstić information content (AvgIpc) is 2.46. The van der Waals surface area contributed by atoms with Crippen molar-refractivity contribution in [3.8, 4) is 17.4 Å². The molecule has 0 bridgehead atoms. The minimum Gasteiger partial charge on any atom is -0.491 e.